The van der Waals surface area contributed by atoms with E-state index in [0.29, 0.717) is 37.7 Å². The van der Waals surface area contributed by atoms with E-state index in [1.54, 1.807) is 12.1 Å². The van der Waals surface area contributed by atoms with Crippen molar-refractivity contribution in [2.75, 3.05) is 31.6 Å². The molecule has 9 heteroatoms. The molecule has 2 aromatic carbocycles. The maximum atomic E-state index is 12.0. The van der Waals surface area contributed by atoms with Crippen LogP contribution in [-0.4, -0.2) is 42.7 Å². The predicted octanol–water partition coefficient (Wildman–Crippen LogP) is 3.49. The SMILES string of the molecule is CCOc1cc(CNCCNc2ccc([N+](=O)[O-])cc2)ccc1OCC(=O)NC(C)(C)C. The highest BCUT2D eigenvalue weighted by atomic mass is 16.6. The molecule has 0 heterocycles. The lowest BCUT2D eigenvalue weighted by Crippen LogP contribution is -2.43. The first-order valence-corrected chi connectivity index (χ1v) is 10.6. The molecule has 0 fully saturated rings. The summed E-state index contributed by atoms with van der Waals surface area (Å²) in [4.78, 5) is 22.3. The van der Waals surface area contributed by atoms with Gasteiger partial charge in [-0.3, -0.25) is 14.9 Å². The van der Waals surface area contributed by atoms with E-state index in [-0.39, 0.29) is 23.7 Å². The largest absolute Gasteiger partial charge is 0.490 e. The minimum Gasteiger partial charge on any atom is -0.490 e. The summed E-state index contributed by atoms with van der Waals surface area (Å²) in [5.74, 6) is 0.935. The van der Waals surface area contributed by atoms with E-state index in [4.69, 9.17) is 9.47 Å². The van der Waals surface area contributed by atoms with Crippen LogP contribution in [0.15, 0.2) is 42.5 Å². The molecule has 32 heavy (non-hydrogen) atoms. The molecule has 0 atom stereocenters. The fourth-order valence-corrected chi connectivity index (χ4v) is 2.88. The standard InChI is InChI=1S/C23H32N4O5/c1-5-31-21-14-17(6-11-20(21)32-16-22(28)26-23(2,3)4)15-24-12-13-25-18-7-9-19(10-8-18)27(29)30/h6-11,14,24-25H,5,12-13,15-16H2,1-4H3,(H,26,28). The van der Waals surface area contributed by atoms with Gasteiger partial charge in [0.1, 0.15) is 0 Å². The molecule has 0 aliphatic carbocycles. The minimum absolute atomic E-state index is 0.0704. The first-order chi connectivity index (χ1) is 15.2. The topological polar surface area (TPSA) is 115 Å². The average Bonchev–Trinajstić information content (AvgIpc) is 2.72. The molecule has 2 aromatic rings. The zero-order chi connectivity index (χ0) is 23.6. The molecular weight excluding hydrogens is 412 g/mol. The number of carbonyl (C=O) groups is 1. The third-order valence-electron chi connectivity index (χ3n) is 4.22. The van der Waals surface area contributed by atoms with Crippen LogP contribution in [-0.2, 0) is 11.3 Å². The van der Waals surface area contributed by atoms with Crippen molar-refractivity contribution in [1.82, 2.24) is 10.6 Å². The molecule has 0 saturated heterocycles. The second-order valence-electron chi connectivity index (χ2n) is 8.21. The van der Waals surface area contributed by atoms with Crippen molar-refractivity contribution in [3.05, 3.63) is 58.1 Å². The normalized spacial score (nSPS) is 11.0. The van der Waals surface area contributed by atoms with E-state index in [2.05, 4.69) is 16.0 Å². The summed E-state index contributed by atoms with van der Waals surface area (Å²) in [6.45, 7) is 10.0. The highest BCUT2D eigenvalue weighted by Crippen LogP contribution is 2.28. The first kappa shape index (κ1) is 24.9. The maximum absolute atomic E-state index is 12.0. The molecule has 9 nitrogen and oxygen atoms in total. The Labute approximate surface area is 188 Å². The van der Waals surface area contributed by atoms with Gasteiger partial charge < -0.3 is 25.4 Å². The molecule has 0 saturated carbocycles. The molecule has 0 unspecified atom stereocenters. The highest BCUT2D eigenvalue weighted by Gasteiger charge is 2.15. The van der Waals surface area contributed by atoms with E-state index >= 15 is 0 Å². The predicted molar refractivity (Wildman–Crippen MR) is 124 cm³/mol. The number of nitrogens with zero attached hydrogens (tertiary/aromatic N) is 1. The number of carbonyl (C=O) groups excluding carboxylic acids is 1. The summed E-state index contributed by atoms with van der Waals surface area (Å²) in [6.07, 6.45) is 0. The molecule has 1 amide bonds. The molecule has 0 bridgehead atoms. The Bertz CT molecular complexity index is 894. The van der Waals surface area contributed by atoms with Crippen molar-refractivity contribution < 1.29 is 19.2 Å². The summed E-state index contributed by atoms with van der Waals surface area (Å²) in [5, 5.41) is 20.1. The number of nitro benzene ring substituents is 1. The number of rotatable bonds is 12. The number of ether oxygens (including phenoxy) is 2. The number of hydrogen-bond donors (Lipinski definition) is 3. The summed E-state index contributed by atoms with van der Waals surface area (Å²) >= 11 is 0. The zero-order valence-electron chi connectivity index (χ0n) is 19.1. The van der Waals surface area contributed by atoms with Gasteiger partial charge in [-0.2, -0.15) is 0 Å². The second-order valence-corrected chi connectivity index (χ2v) is 8.21. The van der Waals surface area contributed by atoms with Crippen LogP contribution in [0.25, 0.3) is 0 Å². The molecular formula is C23H32N4O5. The number of anilines is 1. The number of nitro groups is 1. The van der Waals surface area contributed by atoms with Crippen molar-refractivity contribution in [1.29, 1.82) is 0 Å². The van der Waals surface area contributed by atoms with Crippen molar-refractivity contribution in [2.45, 2.75) is 39.8 Å². The molecule has 0 spiro atoms. The van der Waals surface area contributed by atoms with Crippen LogP contribution in [0.3, 0.4) is 0 Å². The van der Waals surface area contributed by atoms with Gasteiger partial charge in [0.25, 0.3) is 11.6 Å². The smallest absolute Gasteiger partial charge is 0.269 e. The molecule has 0 aliphatic rings. The lowest BCUT2D eigenvalue weighted by Gasteiger charge is -2.21. The monoisotopic (exact) mass is 444 g/mol. The van der Waals surface area contributed by atoms with E-state index in [1.807, 2.05) is 45.9 Å². The Balaban J connectivity index is 1.81. The average molecular weight is 445 g/mol. The Morgan fingerprint density at radius 2 is 1.75 bits per heavy atom. The number of amides is 1. The van der Waals surface area contributed by atoms with Crippen molar-refractivity contribution in [3.63, 3.8) is 0 Å². The molecule has 0 aliphatic heterocycles. The molecule has 3 N–H and O–H groups in total. The number of nitrogens with one attached hydrogen (secondary N) is 3. The quantitative estimate of drug-likeness (QED) is 0.261. The van der Waals surface area contributed by atoms with Crippen LogP contribution in [0.4, 0.5) is 11.4 Å². The van der Waals surface area contributed by atoms with E-state index in [0.717, 1.165) is 11.3 Å². The lowest BCUT2D eigenvalue weighted by atomic mass is 10.1. The van der Waals surface area contributed by atoms with Crippen LogP contribution in [0, 0.1) is 10.1 Å². The van der Waals surface area contributed by atoms with Gasteiger partial charge in [-0.05, 0) is 57.5 Å². The summed E-state index contributed by atoms with van der Waals surface area (Å²) in [6, 6.07) is 12.0. The number of non-ortho nitro benzene ring substituents is 1. The highest BCUT2D eigenvalue weighted by molar-refractivity contribution is 5.78. The maximum Gasteiger partial charge on any atom is 0.269 e. The van der Waals surface area contributed by atoms with E-state index in [9.17, 15) is 14.9 Å². The van der Waals surface area contributed by atoms with Crippen LogP contribution in [0.1, 0.15) is 33.3 Å². The van der Waals surface area contributed by atoms with Gasteiger partial charge in [0.15, 0.2) is 18.1 Å². The van der Waals surface area contributed by atoms with Crippen molar-refractivity contribution in [2.24, 2.45) is 0 Å². The third kappa shape index (κ3) is 8.81. The van der Waals surface area contributed by atoms with Crippen LogP contribution in [0.5, 0.6) is 11.5 Å². The number of benzene rings is 2. The van der Waals surface area contributed by atoms with Gasteiger partial charge in [-0.15, -0.1) is 0 Å². The molecule has 0 radical (unpaired) electrons. The minimum atomic E-state index is -0.418. The zero-order valence-corrected chi connectivity index (χ0v) is 19.1. The van der Waals surface area contributed by atoms with Crippen LogP contribution >= 0.6 is 0 Å². The fraction of sp³-hybridized carbons (Fsp3) is 0.435. The van der Waals surface area contributed by atoms with Crippen LogP contribution in [0.2, 0.25) is 0 Å². The summed E-state index contributed by atoms with van der Waals surface area (Å²) < 4.78 is 11.3. The van der Waals surface area contributed by atoms with Gasteiger partial charge in [-0.1, -0.05) is 6.07 Å². The Hall–Kier alpha value is -3.33. The van der Waals surface area contributed by atoms with Gasteiger partial charge in [0.2, 0.25) is 0 Å². The van der Waals surface area contributed by atoms with E-state index < -0.39 is 4.92 Å². The summed E-state index contributed by atoms with van der Waals surface area (Å²) in [7, 11) is 0. The molecule has 0 aromatic heterocycles. The lowest BCUT2D eigenvalue weighted by molar-refractivity contribution is -0.384. The van der Waals surface area contributed by atoms with E-state index in [1.165, 1.54) is 12.1 Å². The summed E-state index contributed by atoms with van der Waals surface area (Å²) in [5.41, 5.74) is 1.61. The van der Waals surface area contributed by atoms with Crippen LogP contribution < -0.4 is 25.4 Å². The molecule has 174 valence electrons. The second kappa shape index (κ2) is 11.9. The van der Waals surface area contributed by atoms with Gasteiger partial charge in [0.05, 0.1) is 11.5 Å². The fourth-order valence-electron chi connectivity index (χ4n) is 2.88. The van der Waals surface area contributed by atoms with Crippen molar-refractivity contribution >= 4 is 17.3 Å². The third-order valence-corrected chi connectivity index (χ3v) is 4.22. The Morgan fingerprint density at radius 1 is 1.03 bits per heavy atom. The Kier molecular flexibility index (Phi) is 9.27. The van der Waals surface area contributed by atoms with Gasteiger partial charge >= 0.3 is 0 Å². The van der Waals surface area contributed by atoms with Crippen molar-refractivity contribution in [3.8, 4) is 11.5 Å². The Morgan fingerprint density at radius 3 is 2.38 bits per heavy atom. The van der Waals surface area contributed by atoms with Gasteiger partial charge in [0, 0.05) is 43.0 Å². The number of hydrogen-bond acceptors (Lipinski definition) is 7. The van der Waals surface area contributed by atoms with Gasteiger partial charge in [-0.25, -0.2) is 0 Å². The molecule has 2 rings (SSSR count). The first-order valence-electron chi connectivity index (χ1n) is 10.6.